The molecule has 1 fully saturated rings. The highest BCUT2D eigenvalue weighted by Crippen LogP contribution is 2.31. The second kappa shape index (κ2) is 4.62. The van der Waals surface area contributed by atoms with E-state index in [-0.39, 0.29) is 11.9 Å². The molecule has 0 amide bonds. The van der Waals surface area contributed by atoms with Crippen molar-refractivity contribution in [1.82, 2.24) is 4.90 Å². The summed E-state index contributed by atoms with van der Waals surface area (Å²) in [5.41, 5.74) is 0.834. The zero-order valence-corrected chi connectivity index (χ0v) is 10.4. The van der Waals surface area contributed by atoms with E-state index in [0.29, 0.717) is 0 Å². The van der Waals surface area contributed by atoms with Gasteiger partial charge in [-0.2, -0.15) is 0 Å². The summed E-state index contributed by atoms with van der Waals surface area (Å²) < 4.78 is 14.6. The van der Waals surface area contributed by atoms with Crippen molar-refractivity contribution in [2.75, 3.05) is 13.6 Å². The Morgan fingerprint density at radius 1 is 1.40 bits per heavy atom. The van der Waals surface area contributed by atoms with Gasteiger partial charge in [0, 0.05) is 16.1 Å². The fraction of sp³-hybridized carbons (Fsp3) is 0.500. The standard InChI is InChI=1S/C12H15BrFN/c1-15-7-3-2-4-12(15)10-6-5-9(13)8-11(10)14/h5-6,8,12H,2-4,7H2,1H3. The molecule has 0 spiro atoms. The van der Waals surface area contributed by atoms with E-state index >= 15 is 0 Å². The molecule has 1 heterocycles. The summed E-state index contributed by atoms with van der Waals surface area (Å²) in [6, 6.07) is 5.62. The van der Waals surface area contributed by atoms with E-state index in [9.17, 15) is 4.39 Å². The van der Waals surface area contributed by atoms with Crippen molar-refractivity contribution in [2.24, 2.45) is 0 Å². The second-order valence-electron chi connectivity index (χ2n) is 4.16. The van der Waals surface area contributed by atoms with Crippen LogP contribution < -0.4 is 0 Å². The Balaban J connectivity index is 2.27. The van der Waals surface area contributed by atoms with E-state index in [0.717, 1.165) is 23.0 Å². The van der Waals surface area contributed by atoms with Gasteiger partial charge in [-0.25, -0.2) is 4.39 Å². The zero-order valence-electron chi connectivity index (χ0n) is 8.84. The molecule has 2 rings (SSSR count). The van der Waals surface area contributed by atoms with Crippen LogP contribution in [0.5, 0.6) is 0 Å². The average Bonchev–Trinajstić information content (AvgIpc) is 2.20. The number of rotatable bonds is 1. The minimum Gasteiger partial charge on any atom is -0.299 e. The number of benzene rings is 1. The number of hydrogen-bond acceptors (Lipinski definition) is 1. The van der Waals surface area contributed by atoms with Gasteiger partial charge < -0.3 is 0 Å². The molecule has 0 aromatic heterocycles. The number of hydrogen-bond donors (Lipinski definition) is 0. The molecule has 1 aromatic rings. The molecule has 1 saturated heterocycles. The van der Waals surface area contributed by atoms with Gasteiger partial charge >= 0.3 is 0 Å². The molecule has 0 saturated carbocycles. The molecule has 1 aromatic carbocycles. The highest BCUT2D eigenvalue weighted by molar-refractivity contribution is 9.10. The first-order chi connectivity index (χ1) is 7.18. The molecule has 1 unspecified atom stereocenters. The minimum atomic E-state index is -0.0943. The van der Waals surface area contributed by atoms with Crippen LogP contribution in [0.2, 0.25) is 0 Å². The predicted molar refractivity (Wildman–Crippen MR) is 63.3 cm³/mol. The highest BCUT2D eigenvalue weighted by atomic mass is 79.9. The largest absolute Gasteiger partial charge is 0.299 e. The highest BCUT2D eigenvalue weighted by Gasteiger charge is 2.23. The molecule has 0 N–H and O–H groups in total. The first-order valence-electron chi connectivity index (χ1n) is 5.33. The van der Waals surface area contributed by atoms with E-state index in [1.807, 2.05) is 12.1 Å². The van der Waals surface area contributed by atoms with E-state index in [1.165, 1.54) is 12.8 Å². The van der Waals surface area contributed by atoms with Crippen LogP contribution in [0.4, 0.5) is 4.39 Å². The molecular weight excluding hydrogens is 257 g/mol. The summed E-state index contributed by atoms with van der Waals surface area (Å²) in [5.74, 6) is -0.0943. The Morgan fingerprint density at radius 2 is 2.20 bits per heavy atom. The Bertz CT molecular complexity index is 353. The topological polar surface area (TPSA) is 3.24 Å². The number of nitrogens with zero attached hydrogens (tertiary/aromatic N) is 1. The third-order valence-corrected chi connectivity index (χ3v) is 3.59. The third-order valence-electron chi connectivity index (χ3n) is 3.09. The lowest BCUT2D eigenvalue weighted by Gasteiger charge is -2.32. The molecule has 1 nitrogen and oxygen atoms in total. The average molecular weight is 272 g/mol. The summed E-state index contributed by atoms with van der Waals surface area (Å²) >= 11 is 3.28. The van der Waals surface area contributed by atoms with E-state index in [1.54, 1.807) is 6.07 Å². The number of piperidine rings is 1. The molecular formula is C12H15BrFN. The SMILES string of the molecule is CN1CCCCC1c1ccc(Br)cc1F. The molecule has 1 aliphatic heterocycles. The number of halogens is 2. The first-order valence-corrected chi connectivity index (χ1v) is 6.13. The van der Waals surface area contributed by atoms with Crippen LogP contribution in [0.3, 0.4) is 0 Å². The van der Waals surface area contributed by atoms with Crippen molar-refractivity contribution < 1.29 is 4.39 Å². The lowest BCUT2D eigenvalue weighted by Crippen LogP contribution is -2.30. The second-order valence-corrected chi connectivity index (χ2v) is 5.07. The van der Waals surface area contributed by atoms with Gasteiger partial charge in [-0.05, 0) is 38.6 Å². The van der Waals surface area contributed by atoms with E-state index in [2.05, 4.69) is 27.9 Å². The van der Waals surface area contributed by atoms with Crippen LogP contribution in [-0.4, -0.2) is 18.5 Å². The predicted octanol–water partition coefficient (Wildman–Crippen LogP) is 3.75. The van der Waals surface area contributed by atoms with Gasteiger partial charge in [-0.1, -0.05) is 28.4 Å². The molecule has 0 radical (unpaired) electrons. The van der Waals surface area contributed by atoms with Crippen LogP contribution in [0, 0.1) is 5.82 Å². The maximum Gasteiger partial charge on any atom is 0.129 e. The monoisotopic (exact) mass is 271 g/mol. The van der Waals surface area contributed by atoms with Crippen molar-refractivity contribution >= 4 is 15.9 Å². The summed E-state index contributed by atoms with van der Waals surface area (Å²) in [5, 5.41) is 0. The summed E-state index contributed by atoms with van der Waals surface area (Å²) in [6.45, 7) is 1.07. The quantitative estimate of drug-likeness (QED) is 0.752. The first kappa shape index (κ1) is 11.1. The van der Waals surface area contributed by atoms with E-state index < -0.39 is 0 Å². The molecule has 1 atom stereocenters. The third kappa shape index (κ3) is 2.40. The Hall–Kier alpha value is -0.410. The molecule has 82 valence electrons. The minimum absolute atomic E-state index is 0.0943. The molecule has 0 aliphatic carbocycles. The molecule has 3 heteroatoms. The maximum absolute atomic E-state index is 13.8. The maximum atomic E-state index is 13.8. The smallest absolute Gasteiger partial charge is 0.129 e. The van der Waals surface area contributed by atoms with Crippen molar-refractivity contribution in [2.45, 2.75) is 25.3 Å². The van der Waals surface area contributed by atoms with Crippen molar-refractivity contribution in [3.63, 3.8) is 0 Å². The normalized spacial score (nSPS) is 23.0. The Kier molecular flexibility index (Phi) is 3.42. The van der Waals surface area contributed by atoms with Crippen molar-refractivity contribution in [3.8, 4) is 0 Å². The molecule has 1 aliphatic rings. The summed E-state index contributed by atoms with van der Waals surface area (Å²) in [7, 11) is 2.07. The van der Waals surface area contributed by atoms with Crippen LogP contribution >= 0.6 is 15.9 Å². The van der Waals surface area contributed by atoms with Crippen LogP contribution in [0.1, 0.15) is 30.9 Å². The van der Waals surface area contributed by atoms with Crippen LogP contribution in [0.25, 0.3) is 0 Å². The van der Waals surface area contributed by atoms with Crippen molar-refractivity contribution in [1.29, 1.82) is 0 Å². The number of likely N-dealkylation sites (tertiary alicyclic amines) is 1. The van der Waals surface area contributed by atoms with Gasteiger partial charge in [0.1, 0.15) is 5.82 Å². The fourth-order valence-corrected chi connectivity index (χ4v) is 2.57. The lowest BCUT2D eigenvalue weighted by atomic mass is 9.95. The molecule has 15 heavy (non-hydrogen) atoms. The fourth-order valence-electron chi connectivity index (χ4n) is 2.24. The van der Waals surface area contributed by atoms with Gasteiger partial charge in [0.05, 0.1) is 0 Å². The van der Waals surface area contributed by atoms with Crippen molar-refractivity contribution in [3.05, 3.63) is 34.1 Å². The van der Waals surface area contributed by atoms with E-state index in [4.69, 9.17) is 0 Å². The van der Waals surface area contributed by atoms with Gasteiger partial charge in [-0.15, -0.1) is 0 Å². The van der Waals surface area contributed by atoms with Gasteiger partial charge in [-0.3, -0.25) is 4.90 Å². The van der Waals surface area contributed by atoms with Gasteiger partial charge in [0.2, 0.25) is 0 Å². The summed E-state index contributed by atoms with van der Waals surface area (Å²) in [6.07, 6.45) is 3.49. The van der Waals surface area contributed by atoms with Gasteiger partial charge in [0.25, 0.3) is 0 Å². The lowest BCUT2D eigenvalue weighted by molar-refractivity contribution is 0.183. The molecule has 0 bridgehead atoms. The van der Waals surface area contributed by atoms with Gasteiger partial charge in [0.15, 0.2) is 0 Å². The Labute approximate surface area is 98.4 Å². The summed E-state index contributed by atoms with van der Waals surface area (Å²) in [4.78, 5) is 2.25. The Morgan fingerprint density at radius 3 is 2.87 bits per heavy atom. The van der Waals surface area contributed by atoms with Crippen LogP contribution in [-0.2, 0) is 0 Å². The zero-order chi connectivity index (χ0) is 10.8. The van der Waals surface area contributed by atoms with Crippen LogP contribution in [0.15, 0.2) is 22.7 Å².